The number of fused-ring (bicyclic) bond motifs is 1. The number of nitrogens with one attached hydrogen (secondary N) is 2. The molecule has 4 aromatic rings. The van der Waals surface area contributed by atoms with Crippen molar-refractivity contribution >= 4 is 38.1 Å². The van der Waals surface area contributed by atoms with Crippen LogP contribution in [0.2, 0.25) is 0 Å². The van der Waals surface area contributed by atoms with Crippen LogP contribution in [0.5, 0.6) is 5.75 Å². The monoisotopic (exact) mass is 450 g/mol. The number of benzene rings is 4. The maximum Gasteiger partial charge on any atom is 0.262 e. The summed E-state index contributed by atoms with van der Waals surface area (Å²) in [5, 5.41) is 4.66. The Hall–Kier alpha value is -3.91. The van der Waals surface area contributed by atoms with Gasteiger partial charge in [0.25, 0.3) is 15.9 Å². The Morgan fingerprint density at radius 1 is 0.844 bits per heavy atom. The highest BCUT2D eigenvalue weighted by molar-refractivity contribution is 7.92. The molecule has 0 aliphatic rings. The molecule has 4 rings (SSSR count). The van der Waals surface area contributed by atoms with Crippen molar-refractivity contribution < 1.29 is 22.3 Å². The molecule has 0 radical (unpaired) electrons. The number of amides is 1. The summed E-state index contributed by atoms with van der Waals surface area (Å²) < 4.78 is 46.7. The Bertz CT molecular complexity index is 1390. The number of ether oxygens (including phenoxy) is 1. The summed E-state index contributed by atoms with van der Waals surface area (Å²) in [7, 11) is -4.04. The van der Waals surface area contributed by atoms with Crippen LogP contribution in [0.4, 0.5) is 15.8 Å². The molecule has 2 N–H and O–H groups in total. The second-order valence-corrected chi connectivity index (χ2v) is 8.64. The van der Waals surface area contributed by atoms with Crippen LogP contribution in [0.3, 0.4) is 0 Å². The van der Waals surface area contributed by atoms with E-state index in [0.717, 1.165) is 16.8 Å². The molecule has 0 saturated heterocycles. The third-order valence-corrected chi connectivity index (χ3v) is 6.00. The summed E-state index contributed by atoms with van der Waals surface area (Å²) in [5.41, 5.74) is 0.110. The average molecular weight is 450 g/mol. The summed E-state index contributed by atoms with van der Waals surface area (Å²) in [6.45, 7) is -0.247. The highest BCUT2D eigenvalue weighted by atomic mass is 32.2. The van der Waals surface area contributed by atoms with Crippen molar-refractivity contribution in [2.45, 2.75) is 4.90 Å². The minimum absolute atomic E-state index is 0.117. The van der Waals surface area contributed by atoms with E-state index in [4.69, 9.17) is 4.74 Å². The van der Waals surface area contributed by atoms with Gasteiger partial charge in [0.1, 0.15) is 11.6 Å². The molecule has 32 heavy (non-hydrogen) atoms. The van der Waals surface area contributed by atoms with Crippen LogP contribution in [0.1, 0.15) is 0 Å². The number of hydrogen-bond donors (Lipinski definition) is 2. The number of rotatable bonds is 7. The van der Waals surface area contributed by atoms with E-state index in [0.29, 0.717) is 5.75 Å². The van der Waals surface area contributed by atoms with Crippen molar-refractivity contribution in [1.82, 2.24) is 0 Å². The van der Waals surface area contributed by atoms with Gasteiger partial charge in [0.05, 0.1) is 10.6 Å². The number of halogens is 1. The molecule has 0 atom stereocenters. The quantitative estimate of drug-likeness (QED) is 0.424. The first-order chi connectivity index (χ1) is 15.4. The predicted molar refractivity (Wildman–Crippen MR) is 122 cm³/mol. The maximum absolute atomic E-state index is 13.8. The molecule has 0 bridgehead atoms. The molecule has 0 aliphatic carbocycles. The van der Waals surface area contributed by atoms with Gasteiger partial charge in [0.15, 0.2) is 6.61 Å². The third-order valence-electron chi connectivity index (χ3n) is 4.64. The SMILES string of the molecule is O=C(COc1ccc2ccccc2c1)Nc1cccc(S(=O)(=O)Nc2ccccc2F)c1. The fraction of sp³-hybridized carbons (Fsp3) is 0.0417. The van der Waals surface area contributed by atoms with E-state index in [2.05, 4.69) is 10.0 Å². The van der Waals surface area contributed by atoms with Crippen LogP contribution < -0.4 is 14.8 Å². The van der Waals surface area contributed by atoms with E-state index >= 15 is 0 Å². The topological polar surface area (TPSA) is 84.5 Å². The zero-order valence-corrected chi connectivity index (χ0v) is 17.6. The Labute approximate surface area is 184 Å². The van der Waals surface area contributed by atoms with Gasteiger partial charge in [0.2, 0.25) is 0 Å². The minimum Gasteiger partial charge on any atom is -0.484 e. The van der Waals surface area contributed by atoms with Crippen molar-refractivity contribution in [2.24, 2.45) is 0 Å². The molecule has 4 aromatic carbocycles. The van der Waals surface area contributed by atoms with Gasteiger partial charge in [0, 0.05) is 5.69 Å². The molecular formula is C24H19FN2O4S. The molecule has 0 saturated carbocycles. The smallest absolute Gasteiger partial charge is 0.262 e. The van der Waals surface area contributed by atoms with Crippen LogP contribution in [0.25, 0.3) is 10.8 Å². The molecule has 162 valence electrons. The van der Waals surface area contributed by atoms with E-state index in [1.807, 2.05) is 36.4 Å². The Balaban J connectivity index is 1.41. The zero-order chi connectivity index (χ0) is 22.6. The highest BCUT2D eigenvalue weighted by Gasteiger charge is 2.17. The summed E-state index contributed by atoms with van der Waals surface area (Å²) in [6, 6.07) is 24.4. The van der Waals surface area contributed by atoms with Crippen LogP contribution in [-0.2, 0) is 14.8 Å². The predicted octanol–water partition coefficient (Wildman–Crippen LogP) is 4.80. The number of anilines is 2. The van der Waals surface area contributed by atoms with Gasteiger partial charge in [-0.15, -0.1) is 0 Å². The van der Waals surface area contributed by atoms with E-state index in [-0.39, 0.29) is 22.9 Å². The zero-order valence-electron chi connectivity index (χ0n) is 16.8. The van der Waals surface area contributed by atoms with E-state index in [1.54, 1.807) is 12.1 Å². The normalized spacial score (nSPS) is 11.2. The molecule has 0 fully saturated rings. The molecule has 8 heteroatoms. The van der Waals surface area contributed by atoms with Gasteiger partial charge in [-0.1, -0.05) is 48.5 Å². The van der Waals surface area contributed by atoms with Gasteiger partial charge >= 0.3 is 0 Å². The molecule has 6 nitrogen and oxygen atoms in total. The van der Waals surface area contributed by atoms with Crippen LogP contribution in [0, 0.1) is 5.82 Å². The Morgan fingerprint density at radius 2 is 1.59 bits per heavy atom. The Morgan fingerprint density at radius 3 is 2.41 bits per heavy atom. The van der Waals surface area contributed by atoms with E-state index in [9.17, 15) is 17.6 Å². The van der Waals surface area contributed by atoms with Crippen molar-refractivity contribution in [3.8, 4) is 5.75 Å². The summed E-state index contributed by atoms with van der Waals surface area (Å²) in [4.78, 5) is 12.2. The number of para-hydroxylation sites is 1. The first kappa shape index (κ1) is 21.3. The average Bonchev–Trinajstić information content (AvgIpc) is 2.79. The van der Waals surface area contributed by atoms with Crippen LogP contribution >= 0.6 is 0 Å². The van der Waals surface area contributed by atoms with Crippen LogP contribution in [0.15, 0.2) is 95.9 Å². The lowest BCUT2D eigenvalue weighted by atomic mass is 10.1. The number of carbonyl (C=O) groups excluding carboxylic acids is 1. The second-order valence-electron chi connectivity index (χ2n) is 6.96. The lowest BCUT2D eigenvalue weighted by Crippen LogP contribution is -2.20. The summed E-state index contributed by atoms with van der Waals surface area (Å²) >= 11 is 0. The second kappa shape index (κ2) is 9.07. The van der Waals surface area contributed by atoms with Gasteiger partial charge in [-0.3, -0.25) is 9.52 Å². The van der Waals surface area contributed by atoms with Gasteiger partial charge in [-0.2, -0.15) is 0 Å². The minimum atomic E-state index is -4.04. The summed E-state index contributed by atoms with van der Waals surface area (Å²) in [5.74, 6) is -0.592. The Kier molecular flexibility index (Phi) is 6.04. The van der Waals surface area contributed by atoms with Gasteiger partial charge in [-0.05, 0) is 53.2 Å². The van der Waals surface area contributed by atoms with E-state index < -0.39 is 21.7 Å². The molecule has 0 aromatic heterocycles. The number of carbonyl (C=O) groups is 1. The molecule has 0 heterocycles. The van der Waals surface area contributed by atoms with Crippen LogP contribution in [-0.4, -0.2) is 20.9 Å². The fourth-order valence-electron chi connectivity index (χ4n) is 3.09. The van der Waals surface area contributed by atoms with Gasteiger partial charge in [-0.25, -0.2) is 12.8 Å². The molecular weight excluding hydrogens is 431 g/mol. The maximum atomic E-state index is 13.8. The van der Waals surface area contributed by atoms with Crippen molar-refractivity contribution in [2.75, 3.05) is 16.6 Å². The number of hydrogen-bond acceptors (Lipinski definition) is 4. The fourth-order valence-corrected chi connectivity index (χ4v) is 4.20. The standard InChI is InChI=1S/C24H19FN2O4S/c25-22-10-3-4-11-23(22)27-32(29,30)21-9-5-8-19(15-21)26-24(28)16-31-20-13-12-17-6-1-2-7-18(17)14-20/h1-15,27H,16H2,(H,26,28). The van der Waals surface area contributed by atoms with Crippen molar-refractivity contribution in [3.63, 3.8) is 0 Å². The molecule has 0 aliphatic heterocycles. The van der Waals surface area contributed by atoms with E-state index in [1.165, 1.54) is 36.4 Å². The largest absolute Gasteiger partial charge is 0.484 e. The van der Waals surface area contributed by atoms with Crippen molar-refractivity contribution in [3.05, 3.63) is 96.8 Å². The lowest BCUT2D eigenvalue weighted by Gasteiger charge is -2.11. The van der Waals surface area contributed by atoms with Gasteiger partial charge < -0.3 is 10.1 Å². The first-order valence-corrected chi connectivity index (χ1v) is 11.2. The first-order valence-electron chi connectivity index (χ1n) is 9.70. The highest BCUT2D eigenvalue weighted by Crippen LogP contribution is 2.22. The molecule has 0 spiro atoms. The summed E-state index contributed by atoms with van der Waals surface area (Å²) in [6.07, 6.45) is 0. The van der Waals surface area contributed by atoms with Crippen molar-refractivity contribution in [1.29, 1.82) is 0 Å². The molecule has 1 amide bonds. The molecule has 0 unspecified atom stereocenters. The lowest BCUT2D eigenvalue weighted by molar-refractivity contribution is -0.118. The number of sulfonamides is 1. The third kappa shape index (κ3) is 5.04.